The summed E-state index contributed by atoms with van der Waals surface area (Å²) in [5.74, 6) is 0. The second-order valence-corrected chi connectivity index (χ2v) is 4.79. The number of fused-ring (bicyclic) bond motifs is 1. The lowest BCUT2D eigenvalue weighted by Crippen LogP contribution is -2.39. The number of nitrogens with zero attached hydrogens (tertiary/aromatic N) is 1. The summed E-state index contributed by atoms with van der Waals surface area (Å²) in [5, 5.41) is 3.71. The van der Waals surface area contributed by atoms with Crippen molar-refractivity contribution < 1.29 is 4.74 Å². The molecule has 2 aliphatic heterocycles. The zero-order valence-electron chi connectivity index (χ0n) is 9.87. The Balaban J connectivity index is 1.59. The fourth-order valence-corrected chi connectivity index (χ4v) is 2.98. The van der Waals surface area contributed by atoms with Crippen LogP contribution < -0.4 is 5.32 Å². The van der Waals surface area contributed by atoms with Crippen LogP contribution in [0, 0.1) is 0 Å². The molecule has 2 heterocycles. The number of unbranched alkanes of at least 4 members (excludes halogenated alkanes) is 1. The van der Waals surface area contributed by atoms with E-state index in [1.54, 1.807) is 7.11 Å². The quantitative estimate of drug-likeness (QED) is 0.670. The van der Waals surface area contributed by atoms with Crippen LogP contribution >= 0.6 is 0 Å². The van der Waals surface area contributed by atoms with Crippen molar-refractivity contribution in [1.29, 1.82) is 0 Å². The van der Waals surface area contributed by atoms with Crippen molar-refractivity contribution in [3.8, 4) is 0 Å². The van der Waals surface area contributed by atoms with Crippen LogP contribution in [0.15, 0.2) is 0 Å². The lowest BCUT2D eigenvalue weighted by molar-refractivity contribution is 0.192. The average molecular weight is 212 g/mol. The third-order valence-corrected chi connectivity index (χ3v) is 3.79. The number of rotatable bonds is 6. The van der Waals surface area contributed by atoms with Gasteiger partial charge in [0.25, 0.3) is 0 Å². The number of methoxy groups -OCH3 is 1. The zero-order valence-corrected chi connectivity index (χ0v) is 9.87. The van der Waals surface area contributed by atoms with Crippen LogP contribution in [-0.4, -0.2) is 50.3 Å². The molecule has 0 aliphatic carbocycles. The van der Waals surface area contributed by atoms with Gasteiger partial charge in [-0.1, -0.05) is 0 Å². The molecule has 3 nitrogen and oxygen atoms in total. The van der Waals surface area contributed by atoms with Crippen molar-refractivity contribution in [2.24, 2.45) is 0 Å². The highest BCUT2D eigenvalue weighted by atomic mass is 16.5. The van der Waals surface area contributed by atoms with Crippen LogP contribution in [0.5, 0.6) is 0 Å². The van der Waals surface area contributed by atoms with E-state index in [1.165, 1.54) is 51.7 Å². The van der Waals surface area contributed by atoms with Crippen LogP contribution in [0.1, 0.15) is 32.1 Å². The molecule has 2 rings (SSSR count). The molecule has 0 aromatic heterocycles. The second-order valence-electron chi connectivity index (χ2n) is 4.79. The van der Waals surface area contributed by atoms with E-state index in [0.29, 0.717) is 0 Å². The predicted octanol–water partition coefficient (Wildman–Crippen LogP) is 1.24. The van der Waals surface area contributed by atoms with Gasteiger partial charge in [0.1, 0.15) is 0 Å². The Bertz CT molecular complexity index is 186. The van der Waals surface area contributed by atoms with Crippen LogP contribution in [0.4, 0.5) is 0 Å². The first-order valence-electron chi connectivity index (χ1n) is 6.38. The van der Waals surface area contributed by atoms with Crippen LogP contribution in [0.3, 0.4) is 0 Å². The Morgan fingerprint density at radius 2 is 2.20 bits per heavy atom. The van der Waals surface area contributed by atoms with E-state index in [9.17, 15) is 0 Å². The number of nitrogens with one attached hydrogen (secondary N) is 1. The standard InChI is InChI=1S/C12H24N2O/c1-15-10-3-2-7-13-11-6-9-14-8-4-5-12(11)14/h11-13H,2-10H2,1H3. The van der Waals surface area contributed by atoms with Gasteiger partial charge in [-0.15, -0.1) is 0 Å². The molecule has 2 fully saturated rings. The van der Waals surface area contributed by atoms with Gasteiger partial charge in [0.2, 0.25) is 0 Å². The van der Waals surface area contributed by atoms with Crippen molar-refractivity contribution in [2.75, 3.05) is 33.4 Å². The van der Waals surface area contributed by atoms with Crippen LogP contribution in [0.25, 0.3) is 0 Å². The maximum absolute atomic E-state index is 5.05. The van der Waals surface area contributed by atoms with Gasteiger partial charge in [0.15, 0.2) is 0 Å². The summed E-state index contributed by atoms with van der Waals surface area (Å²) in [5.41, 5.74) is 0. The first-order chi connectivity index (χ1) is 7.42. The molecule has 15 heavy (non-hydrogen) atoms. The third-order valence-electron chi connectivity index (χ3n) is 3.79. The highest BCUT2D eigenvalue weighted by molar-refractivity contribution is 4.95. The van der Waals surface area contributed by atoms with Crippen molar-refractivity contribution in [3.05, 3.63) is 0 Å². The molecule has 0 radical (unpaired) electrons. The molecular weight excluding hydrogens is 188 g/mol. The zero-order chi connectivity index (χ0) is 10.5. The topological polar surface area (TPSA) is 24.5 Å². The summed E-state index contributed by atoms with van der Waals surface area (Å²) in [4.78, 5) is 2.66. The summed E-state index contributed by atoms with van der Waals surface area (Å²) in [6.45, 7) is 4.73. The van der Waals surface area contributed by atoms with Crippen molar-refractivity contribution in [2.45, 2.75) is 44.2 Å². The van der Waals surface area contributed by atoms with Crippen molar-refractivity contribution in [1.82, 2.24) is 10.2 Å². The second kappa shape index (κ2) is 5.83. The molecule has 2 saturated heterocycles. The van der Waals surface area contributed by atoms with E-state index in [0.717, 1.165) is 18.7 Å². The van der Waals surface area contributed by atoms with Gasteiger partial charge < -0.3 is 10.1 Å². The smallest absolute Gasteiger partial charge is 0.0462 e. The Morgan fingerprint density at radius 3 is 3.07 bits per heavy atom. The maximum atomic E-state index is 5.05. The number of hydrogen-bond donors (Lipinski definition) is 1. The fraction of sp³-hybridized carbons (Fsp3) is 1.00. The van der Waals surface area contributed by atoms with Gasteiger partial charge in [0.05, 0.1) is 0 Å². The number of ether oxygens (including phenoxy) is 1. The Morgan fingerprint density at radius 1 is 1.27 bits per heavy atom. The van der Waals surface area contributed by atoms with E-state index in [4.69, 9.17) is 4.74 Å². The molecule has 88 valence electrons. The van der Waals surface area contributed by atoms with E-state index >= 15 is 0 Å². The van der Waals surface area contributed by atoms with Crippen molar-refractivity contribution >= 4 is 0 Å². The summed E-state index contributed by atoms with van der Waals surface area (Å²) in [7, 11) is 1.78. The minimum absolute atomic E-state index is 0.773. The number of hydrogen-bond acceptors (Lipinski definition) is 3. The largest absolute Gasteiger partial charge is 0.385 e. The lowest BCUT2D eigenvalue weighted by Gasteiger charge is -2.21. The molecule has 0 spiro atoms. The first-order valence-corrected chi connectivity index (χ1v) is 6.38. The van der Waals surface area contributed by atoms with Gasteiger partial charge >= 0.3 is 0 Å². The fourth-order valence-electron chi connectivity index (χ4n) is 2.98. The van der Waals surface area contributed by atoms with E-state index in [1.807, 2.05) is 0 Å². The SMILES string of the molecule is COCCCCNC1CCN2CCCC12. The van der Waals surface area contributed by atoms with Crippen molar-refractivity contribution in [3.63, 3.8) is 0 Å². The molecule has 0 saturated carbocycles. The third kappa shape index (κ3) is 2.92. The Labute approximate surface area is 93.2 Å². The van der Waals surface area contributed by atoms with Gasteiger partial charge in [0, 0.05) is 32.3 Å². The Kier molecular flexibility index (Phi) is 4.42. The average Bonchev–Trinajstić information content (AvgIpc) is 2.81. The minimum Gasteiger partial charge on any atom is -0.385 e. The maximum Gasteiger partial charge on any atom is 0.0462 e. The molecule has 0 aromatic rings. The molecule has 1 N–H and O–H groups in total. The Hall–Kier alpha value is -0.120. The summed E-state index contributed by atoms with van der Waals surface area (Å²) < 4.78 is 5.05. The van der Waals surface area contributed by atoms with E-state index in [2.05, 4.69) is 10.2 Å². The molecule has 3 heteroatoms. The van der Waals surface area contributed by atoms with E-state index < -0.39 is 0 Å². The first kappa shape index (κ1) is 11.4. The molecular formula is C12H24N2O. The lowest BCUT2D eigenvalue weighted by atomic mass is 10.1. The molecule has 0 amide bonds. The predicted molar refractivity (Wildman–Crippen MR) is 62.1 cm³/mol. The summed E-state index contributed by atoms with van der Waals surface area (Å²) in [6.07, 6.45) is 6.61. The molecule has 2 atom stereocenters. The molecule has 2 unspecified atom stereocenters. The van der Waals surface area contributed by atoms with Gasteiger partial charge in [-0.25, -0.2) is 0 Å². The van der Waals surface area contributed by atoms with Gasteiger partial charge in [-0.2, -0.15) is 0 Å². The summed E-state index contributed by atoms with van der Waals surface area (Å²) in [6, 6.07) is 1.63. The highest BCUT2D eigenvalue weighted by Crippen LogP contribution is 2.27. The molecule has 0 aromatic carbocycles. The van der Waals surface area contributed by atoms with Gasteiger partial charge in [-0.05, 0) is 45.2 Å². The summed E-state index contributed by atoms with van der Waals surface area (Å²) >= 11 is 0. The minimum atomic E-state index is 0.773. The van der Waals surface area contributed by atoms with E-state index in [-0.39, 0.29) is 0 Å². The van der Waals surface area contributed by atoms with Gasteiger partial charge in [-0.3, -0.25) is 4.90 Å². The molecule has 2 aliphatic rings. The monoisotopic (exact) mass is 212 g/mol. The normalized spacial score (nSPS) is 31.0. The van der Waals surface area contributed by atoms with Crippen LogP contribution in [0.2, 0.25) is 0 Å². The molecule has 0 bridgehead atoms. The highest BCUT2D eigenvalue weighted by Gasteiger charge is 2.36. The van der Waals surface area contributed by atoms with Crippen LogP contribution in [-0.2, 0) is 4.74 Å².